The molecule has 0 heterocycles. The fraction of sp³-hybridized carbons (Fsp3) is 0.429. The normalized spacial score (nSPS) is 12.4. The summed E-state index contributed by atoms with van der Waals surface area (Å²) in [5, 5.41) is 17.8. The molecule has 1 aromatic carbocycles. The molecule has 19 heavy (non-hydrogen) atoms. The van der Waals surface area contributed by atoms with E-state index < -0.39 is 17.9 Å². The molecule has 0 aliphatic rings. The van der Waals surface area contributed by atoms with Gasteiger partial charge < -0.3 is 10.2 Å². The molecule has 0 aliphatic carbocycles. The zero-order chi connectivity index (χ0) is 14.4. The molecule has 0 fully saturated rings. The van der Waals surface area contributed by atoms with Gasteiger partial charge in [-0.3, -0.25) is 14.5 Å². The van der Waals surface area contributed by atoms with Gasteiger partial charge in [0.1, 0.15) is 0 Å². The maximum atomic E-state index is 10.9. The molecule has 0 bridgehead atoms. The van der Waals surface area contributed by atoms with Gasteiger partial charge in [0, 0.05) is 13.1 Å². The number of hydrogen-bond donors (Lipinski definition) is 2. The minimum atomic E-state index is -0.953. The smallest absolute Gasteiger partial charge is 0.317 e. The standard InChI is InChI=1S/C14H19NO4/c1-10-5-3-4-6-12(10)8-15(9-13(16)17)7-11(2)14(18)19/h3-6,11H,7-9H2,1-2H3,(H,16,17)(H,18,19). The summed E-state index contributed by atoms with van der Waals surface area (Å²) < 4.78 is 0. The Morgan fingerprint density at radius 1 is 1.26 bits per heavy atom. The molecule has 0 radical (unpaired) electrons. The van der Waals surface area contributed by atoms with E-state index in [0.29, 0.717) is 6.54 Å². The average molecular weight is 265 g/mol. The zero-order valence-corrected chi connectivity index (χ0v) is 11.2. The first-order chi connectivity index (χ1) is 8.90. The molecule has 0 amide bonds. The van der Waals surface area contributed by atoms with Gasteiger partial charge in [-0.2, -0.15) is 0 Å². The molecule has 0 saturated carbocycles. The summed E-state index contributed by atoms with van der Waals surface area (Å²) in [5.41, 5.74) is 2.09. The van der Waals surface area contributed by atoms with E-state index in [4.69, 9.17) is 10.2 Å². The quantitative estimate of drug-likeness (QED) is 0.783. The van der Waals surface area contributed by atoms with Gasteiger partial charge in [-0.15, -0.1) is 0 Å². The summed E-state index contributed by atoms with van der Waals surface area (Å²) >= 11 is 0. The molecular formula is C14H19NO4. The highest BCUT2D eigenvalue weighted by atomic mass is 16.4. The minimum Gasteiger partial charge on any atom is -0.481 e. The molecule has 0 saturated heterocycles. The van der Waals surface area contributed by atoms with Crippen molar-refractivity contribution in [2.24, 2.45) is 5.92 Å². The third-order valence-corrected chi connectivity index (χ3v) is 2.97. The van der Waals surface area contributed by atoms with Crippen LogP contribution in [0, 0.1) is 12.8 Å². The van der Waals surface area contributed by atoms with E-state index in [1.165, 1.54) is 0 Å². The second-order valence-corrected chi connectivity index (χ2v) is 4.73. The Morgan fingerprint density at radius 3 is 2.42 bits per heavy atom. The number of aryl methyl sites for hydroxylation is 1. The zero-order valence-electron chi connectivity index (χ0n) is 11.2. The molecule has 1 rings (SSSR count). The van der Waals surface area contributed by atoms with E-state index in [-0.39, 0.29) is 13.1 Å². The van der Waals surface area contributed by atoms with Crippen LogP contribution in [0.15, 0.2) is 24.3 Å². The second-order valence-electron chi connectivity index (χ2n) is 4.73. The van der Waals surface area contributed by atoms with Gasteiger partial charge in [0.15, 0.2) is 0 Å². The topological polar surface area (TPSA) is 77.8 Å². The molecule has 5 heteroatoms. The summed E-state index contributed by atoms with van der Waals surface area (Å²) in [6.45, 7) is 4.03. The lowest BCUT2D eigenvalue weighted by Crippen LogP contribution is -2.35. The Hall–Kier alpha value is -1.88. The largest absolute Gasteiger partial charge is 0.481 e. The summed E-state index contributed by atoms with van der Waals surface area (Å²) in [6, 6.07) is 7.69. The molecule has 1 aromatic rings. The molecular weight excluding hydrogens is 246 g/mol. The van der Waals surface area contributed by atoms with Gasteiger partial charge in [0.25, 0.3) is 0 Å². The van der Waals surface area contributed by atoms with Crippen LogP contribution < -0.4 is 0 Å². The van der Waals surface area contributed by atoms with Gasteiger partial charge in [-0.25, -0.2) is 0 Å². The Bertz CT molecular complexity index is 459. The molecule has 2 N–H and O–H groups in total. The molecule has 0 spiro atoms. The number of hydrogen-bond acceptors (Lipinski definition) is 3. The van der Waals surface area contributed by atoms with Crippen LogP contribution in [0.1, 0.15) is 18.1 Å². The van der Waals surface area contributed by atoms with Crippen molar-refractivity contribution >= 4 is 11.9 Å². The number of carboxylic acids is 2. The summed E-state index contributed by atoms with van der Waals surface area (Å²) in [6.07, 6.45) is 0. The highest BCUT2D eigenvalue weighted by Gasteiger charge is 2.18. The van der Waals surface area contributed by atoms with Crippen LogP contribution in [-0.2, 0) is 16.1 Å². The molecule has 104 valence electrons. The number of benzene rings is 1. The van der Waals surface area contributed by atoms with Crippen LogP contribution in [0.3, 0.4) is 0 Å². The third-order valence-electron chi connectivity index (χ3n) is 2.97. The molecule has 1 unspecified atom stereocenters. The highest BCUT2D eigenvalue weighted by molar-refractivity contribution is 5.71. The van der Waals surface area contributed by atoms with E-state index in [9.17, 15) is 9.59 Å². The fourth-order valence-electron chi connectivity index (χ4n) is 1.87. The number of nitrogens with zero attached hydrogens (tertiary/aromatic N) is 1. The van der Waals surface area contributed by atoms with Gasteiger partial charge in [0.05, 0.1) is 12.5 Å². The summed E-state index contributed by atoms with van der Waals surface area (Å²) in [4.78, 5) is 23.4. The van der Waals surface area contributed by atoms with Crippen molar-refractivity contribution in [1.82, 2.24) is 4.90 Å². The van der Waals surface area contributed by atoms with E-state index in [2.05, 4.69) is 0 Å². The van der Waals surface area contributed by atoms with Gasteiger partial charge >= 0.3 is 11.9 Å². The van der Waals surface area contributed by atoms with Crippen LogP contribution >= 0.6 is 0 Å². The molecule has 1 atom stereocenters. The molecule has 0 aromatic heterocycles. The fourth-order valence-corrected chi connectivity index (χ4v) is 1.87. The maximum Gasteiger partial charge on any atom is 0.317 e. The Balaban J connectivity index is 2.77. The van der Waals surface area contributed by atoms with Crippen LogP contribution in [0.5, 0.6) is 0 Å². The lowest BCUT2D eigenvalue weighted by molar-refractivity contribution is -0.144. The van der Waals surface area contributed by atoms with E-state index in [1.807, 2.05) is 31.2 Å². The number of rotatable bonds is 7. The van der Waals surface area contributed by atoms with Gasteiger partial charge in [-0.1, -0.05) is 31.2 Å². The van der Waals surface area contributed by atoms with E-state index >= 15 is 0 Å². The molecule has 5 nitrogen and oxygen atoms in total. The number of carboxylic acid groups (broad SMARTS) is 2. The third kappa shape index (κ3) is 5.09. The lowest BCUT2D eigenvalue weighted by Gasteiger charge is -2.23. The second kappa shape index (κ2) is 6.89. The van der Waals surface area contributed by atoms with Crippen molar-refractivity contribution < 1.29 is 19.8 Å². The first-order valence-electron chi connectivity index (χ1n) is 6.11. The van der Waals surface area contributed by atoms with Gasteiger partial charge in [-0.05, 0) is 18.1 Å². The van der Waals surface area contributed by atoms with Crippen molar-refractivity contribution in [1.29, 1.82) is 0 Å². The summed E-state index contributed by atoms with van der Waals surface area (Å²) in [5.74, 6) is -2.46. The van der Waals surface area contributed by atoms with Gasteiger partial charge in [0.2, 0.25) is 0 Å². The van der Waals surface area contributed by atoms with Crippen LogP contribution in [0.25, 0.3) is 0 Å². The minimum absolute atomic E-state index is 0.161. The van der Waals surface area contributed by atoms with Crippen molar-refractivity contribution in [3.63, 3.8) is 0 Å². The van der Waals surface area contributed by atoms with Crippen molar-refractivity contribution in [2.45, 2.75) is 20.4 Å². The Morgan fingerprint density at radius 2 is 1.89 bits per heavy atom. The monoisotopic (exact) mass is 265 g/mol. The van der Waals surface area contributed by atoms with Crippen molar-refractivity contribution in [3.05, 3.63) is 35.4 Å². The van der Waals surface area contributed by atoms with E-state index in [0.717, 1.165) is 11.1 Å². The Kier molecular flexibility index (Phi) is 5.51. The molecule has 0 aliphatic heterocycles. The average Bonchev–Trinajstić information content (AvgIpc) is 2.31. The van der Waals surface area contributed by atoms with Crippen LogP contribution in [0.2, 0.25) is 0 Å². The maximum absolute atomic E-state index is 10.9. The van der Waals surface area contributed by atoms with E-state index in [1.54, 1.807) is 11.8 Å². The lowest BCUT2D eigenvalue weighted by atomic mass is 10.1. The number of aliphatic carboxylic acids is 2. The Labute approximate surface area is 112 Å². The summed E-state index contributed by atoms with van der Waals surface area (Å²) in [7, 11) is 0. The van der Waals surface area contributed by atoms with Crippen molar-refractivity contribution in [3.8, 4) is 0 Å². The first kappa shape index (κ1) is 15.2. The first-order valence-corrected chi connectivity index (χ1v) is 6.11. The predicted molar refractivity (Wildman–Crippen MR) is 70.9 cm³/mol. The predicted octanol–water partition coefficient (Wildman–Crippen LogP) is 1.60. The van der Waals surface area contributed by atoms with Crippen molar-refractivity contribution in [2.75, 3.05) is 13.1 Å². The van der Waals surface area contributed by atoms with Crippen LogP contribution in [0.4, 0.5) is 0 Å². The SMILES string of the molecule is Cc1ccccc1CN(CC(=O)O)CC(C)C(=O)O. The van der Waals surface area contributed by atoms with Crippen LogP contribution in [-0.4, -0.2) is 40.1 Å². The highest BCUT2D eigenvalue weighted by Crippen LogP contribution is 2.12. The number of carbonyl (C=O) groups is 2.